The minimum absolute atomic E-state index is 0.153. The van der Waals surface area contributed by atoms with E-state index in [4.69, 9.17) is 0 Å². The predicted octanol–water partition coefficient (Wildman–Crippen LogP) is 7.97. The number of fused-ring (bicyclic) bond motifs is 1. The van der Waals surface area contributed by atoms with Crippen LogP contribution in [0, 0.1) is 11.8 Å². The molecular weight excluding hydrogens is 336 g/mol. The van der Waals surface area contributed by atoms with Gasteiger partial charge in [0.15, 0.2) is 0 Å². The van der Waals surface area contributed by atoms with Gasteiger partial charge in [0.25, 0.3) is 0 Å². The van der Waals surface area contributed by atoms with Crippen LogP contribution in [0.2, 0.25) is 0 Å². The summed E-state index contributed by atoms with van der Waals surface area (Å²) in [5, 5.41) is 0. The molecule has 28 heavy (non-hydrogen) atoms. The highest BCUT2D eigenvalue weighted by Gasteiger charge is 2.26. The zero-order valence-electron chi connectivity index (χ0n) is 17.4. The van der Waals surface area contributed by atoms with E-state index in [0.29, 0.717) is 0 Å². The predicted molar refractivity (Wildman–Crippen MR) is 122 cm³/mol. The molecule has 1 aliphatic carbocycles. The number of rotatable bonds is 4. The summed E-state index contributed by atoms with van der Waals surface area (Å²) < 4.78 is 0. The van der Waals surface area contributed by atoms with Crippen molar-refractivity contribution in [1.29, 1.82) is 0 Å². The van der Waals surface area contributed by atoms with Gasteiger partial charge in [0.05, 0.1) is 0 Å². The summed E-state index contributed by atoms with van der Waals surface area (Å²) in [5.41, 5.74) is 11.1. The van der Waals surface area contributed by atoms with Gasteiger partial charge >= 0.3 is 0 Å². The van der Waals surface area contributed by atoms with Crippen LogP contribution in [0.15, 0.2) is 72.3 Å². The molecule has 4 rings (SSSR count). The van der Waals surface area contributed by atoms with Crippen LogP contribution in [0.3, 0.4) is 0 Å². The SMILES string of the molecule is CCCc1ccc2c(c1-c1ccccc1-c1ccccc1)C=C(C(C)(C)C)[CH]2. The maximum absolute atomic E-state index is 2.42. The first-order valence-corrected chi connectivity index (χ1v) is 10.4. The Labute approximate surface area is 169 Å². The Morgan fingerprint density at radius 3 is 2.11 bits per heavy atom. The quantitative estimate of drug-likeness (QED) is 0.440. The van der Waals surface area contributed by atoms with Crippen LogP contribution >= 0.6 is 0 Å². The van der Waals surface area contributed by atoms with Gasteiger partial charge in [-0.1, -0.05) is 112 Å². The molecule has 0 saturated heterocycles. The zero-order valence-corrected chi connectivity index (χ0v) is 17.4. The molecule has 0 heterocycles. The van der Waals surface area contributed by atoms with Crippen LogP contribution < -0.4 is 0 Å². The number of hydrogen-bond donors (Lipinski definition) is 0. The van der Waals surface area contributed by atoms with Crippen molar-refractivity contribution in [2.45, 2.75) is 40.5 Å². The van der Waals surface area contributed by atoms with Gasteiger partial charge in [-0.15, -0.1) is 0 Å². The molecule has 0 aliphatic heterocycles. The second kappa shape index (κ2) is 7.43. The lowest BCUT2D eigenvalue weighted by atomic mass is 9.85. The lowest BCUT2D eigenvalue weighted by molar-refractivity contribution is 0.516. The van der Waals surface area contributed by atoms with E-state index in [2.05, 4.69) is 107 Å². The van der Waals surface area contributed by atoms with Gasteiger partial charge in [-0.3, -0.25) is 0 Å². The fourth-order valence-corrected chi connectivity index (χ4v) is 4.13. The molecule has 0 heteroatoms. The molecule has 0 unspecified atom stereocenters. The van der Waals surface area contributed by atoms with Gasteiger partial charge in [0.1, 0.15) is 0 Å². The number of allylic oxidation sites excluding steroid dienone is 1. The maximum atomic E-state index is 2.42. The Morgan fingerprint density at radius 2 is 1.43 bits per heavy atom. The van der Waals surface area contributed by atoms with Gasteiger partial charge in [0.2, 0.25) is 0 Å². The van der Waals surface area contributed by atoms with Crippen molar-refractivity contribution in [3.8, 4) is 22.3 Å². The molecule has 0 aromatic heterocycles. The Kier molecular flexibility index (Phi) is 4.98. The minimum Gasteiger partial charge on any atom is -0.0651 e. The van der Waals surface area contributed by atoms with Crippen molar-refractivity contribution in [3.05, 3.63) is 95.4 Å². The van der Waals surface area contributed by atoms with E-state index < -0.39 is 0 Å². The van der Waals surface area contributed by atoms with Crippen molar-refractivity contribution in [1.82, 2.24) is 0 Å². The molecular formula is C28H29. The van der Waals surface area contributed by atoms with Crippen LogP contribution in [-0.4, -0.2) is 0 Å². The maximum Gasteiger partial charge on any atom is 0.0170 e. The van der Waals surface area contributed by atoms with E-state index in [1.54, 1.807) is 0 Å². The molecule has 1 radical (unpaired) electrons. The number of aryl methyl sites for hydroxylation is 1. The van der Waals surface area contributed by atoms with Gasteiger partial charge in [0, 0.05) is 6.42 Å². The Balaban J connectivity index is 1.97. The average Bonchev–Trinajstić information content (AvgIpc) is 3.14. The second-order valence-electron chi connectivity index (χ2n) is 8.76. The van der Waals surface area contributed by atoms with Crippen LogP contribution in [0.5, 0.6) is 0 Å². The highest BCUT2D eigenvalue weighted by Crippen LogP contribution is 2.45. The fraction of sp³-hybridized carbons (Fsp3) is 0.250. The minimum atomic E-state index is 0.153. The molecule has 0 bridgehead atoms. The first-order chi connectivity index (χ1) is 13.5. The monoisotopic (exact) mass is 365 g/mol. The molecule has 141 valence electrons. The molecule has 0 spiro atoms. The van der Waals surface area contributed by atoms with Crippen molar-refractivity contribution in [2.24, 2.45) is 5.41 Å². The third kappa shape index (κ3) is 3.44. The largest absolute Gasteiger partial charge is 0.0651 e. The van der Waals surface area contributed by atoms with Crippen molar-refractivity contribution in [3.63, 3.8) is 0 Å². The summed E-state index contributed by atoms with van der Waals surface area (Å²) in [5.74, 6) is 0. The first kappa shape index (κ1) is 18.7. The van der Waals surface area contributed by atoms with E-state index in [-0.39, 0.29) is 5.41 Å². The van der Waals surface area contributed by atoms with Crippen molar-refractivity contribution in [2.75, 3.05) is 0 Å². The van der Waals surface area contributed by atoms with Gasteiger partial charge < -0.3 is 0 Å². The molecule has 1 aliphatic rings. The van der Waals surface area contributed by atoms with Crippen molar-refractivity contribution < 1.29 is 0 Å². The van der Waals surface area contributed by atoms with Gasteiger partial charge in [-0.25, -0.2) is 0 Å². The molecule has 3 aromatic carbocycles. The fourth-order valence-electron chi connectivity index (χ4n) is 4.13. The topological polar surface area (TPSA) is 0 Å². The summed E-state index contributed by atoms with van der Waals surface area (Å²) in [6.07, 6.45) is 7.05. The van der Waals surface area contributed by atoms with Crippen LogP contribution in [-0.2, 0) is 6.42 Å². The molecule has 0 N–H and O–H groups in total. The summed E-state index contributed by atoms with van der Waals surface area (Å²) in [6.45, 7) is 9.16. The third-order valence-electron chi connectivity index (χ3n) is 5.64. The van der Waals surface area contributed by atoms with Gasteiger partial charge in [-0.2, -0.15) is 0 Å². The summed E-state index contributed by atoms with van der Waals surface area (Å²) in [7, 11) is 0. The molecule has 3 aromatic rings. The second-order valence-corrected chi connectivity index (χ2v) is 8.76. The van der Waals surface area contributed by atoms with E-state index in [9.17, 15) is 0 Å². The highest BCUT2D eigenvalue weighted by atomic mass is 14.3. The van der Waals surface area contributed by atoms with Crippen LogP contribution in [0.25, 0.3) is 28.3 Å². The number of hydrogen-bond acceptors (Lipinski definition) is 0. The normalized spacial score (nSPS) is 13.4. The number of benzene rings is 3. The Bertz CT molecular complexity index is 1010. The van der Waals surface area contributed by atoms with Crippen LogP contribution in [0.4, 0.5) is 0 Å². The molecule has 0 atom stereocenters. The molecule has 0 amide bonds. The third-order valence-corrected chi connectivity index (χ3v) is 5.64. The Hall–Kier alpha value is -2.60. The smallest absolute Gasteiger partial charge is 0.0170 e. The van der Waals surface area contributed by atoms with Gasteiger partial charge in [-0.05, 0) is 50.8 Å². The molecule has 0 nitrogen and oxygen atoms in total. The highest BCUT2D eigenvalue weighted by molar-refractivity contribution is 5.92. The van der Waals surface area contributed by atoms with E-state index in [1.807, 2.05) is 0 Å². The average molecular weight is 366 g/mol. The lowest BCUT2D eigenvalue weighted by Gasteiger charge is -2.19. The first-order valence-electron chi connectivity index (χ1n) is 10.4. The molecule has 0 fully saturated rings. The van der Waals surface area contributed by atoms with Crippen molar-refractivity contribution >= 4 is 6.08 Å². The zero-order chi connectivity index (χ0) is 19.7. The standard InChI is InChI=1S/C28H29/c1-5-11-21-16-17-22-18-23(28(2,3)4)19-26(22)27(21)25-15-10-9-14-24(25)20-12-7-6-8-13-20/h6-10,12-19H,5,11H2,1-4H3. The summed E-state index contributed by atoms with van der Waals surface area (Å²) >= 11 is 0. The summed E-state index contributed by atoms with van der Waals surface area (Å²) in [6, 6.07) is 24.3. The van der Waals surface area contributed by atoms with Crippen LogP contribution in [0.1, 0.15) is 50.8 Å². The van der Waals surface area contributed by atoms with E-state index in [1.165, 1.54) is 44.5 Å². The lowest BCUT2D eigenvalue weighted by Crippen LogP contribution is -2.07. The van der Waals surface area contributed by atoms with E-state index >= 15 is 0 Å². The Morgan fingerprint density at radius 1 is 0.750 bits per heavy atom. The summed E-state index contributed by atoms with van der Waals surface area (Å²) in [4.78, 5) is 0. The molecule has 0 saturated carbocycles. The van der Waals surface area contributed by atoms with E-state index in [0.717, 1.165) is 12.8 Å².